The van der Waals surface area contributed by atoms with E-state index in [4.69, 9.17) is 0 Å². The van der Waals surface area contributed by atoms with E-state index < -0.39 is 17.4 Å². The largest absolute Gasteiger partial charge is 0.393 e. The number of fused-ring (bicyclic) bond motifs is 1. The van der Waals surface area contributed by atoms with Crippen LogP contribution in [0.2, 0.25) is 0 Å². The molecule has 1 saturated carbocycles. The Morgan fingerprint density at radius 3 is 2.49 bits per heavy atom. The van der Waals surface area contributed by atoms with E-state index in [1.165, 1.54) is 17.4 Å². The number of thiazole rings is 1. The van der Waals surface area contributed by atoms with Crippen LogP contribution in [0.4, 0.5) is 19.1 Å². The molecular weight excluding hydrogens is 473 g/mol. The Hall–Kier alpha value is -3.04. The predicted octanol–water partition coefficient (Wildman–Crippen LogP) is 5.98. The van der Waals surface area contributed by atoms with Crippen molar-refractivity contribution in [3.05, 3.63) is 81.9 Å². The molecule has 0 atom stereocenters. The van der Waals surface area contributed by atoms with Crippen molar-refractivity contribution in [2.45, 2.75) is 57.1 Å². The average molecular weight is 499 g/mol. The van der Waals surface area contributed by atoms with Gasteiger partial charge in [0, 0.05) is 18.0 Å². The van der Waals surface area contributed by atoms with Gasteiger partial charge >= 0.3 is 5.92 Å². The van der Waals surface area contributed by atoms with Gasteiger partial charge in [0.05, 0.1) is 27.0 Å². The molecule has 5 nitrogen and oxygen atoms in total. The van der Waals surface area contributed by atoms with Gasteiger partial charge in [0.15, 0.2) is 0 Å². The zero-order chi connectivity index (χ0) is 24.6. The minimum Gasteiger partial charge on any atom is -0.393 e. The smallest absolute Gasteiger partial charge is 0.315 e. The highest BCUT2D eigenvalue weighted by atomic mass is 32.1. The molecule has 0 spiro atoms. The number of aliphatic hydroxyl groups excluding tert-OH is 1. The summed E-state index contributed by atoms with van der Waals surface area (Å²) >= 11 is 1.51. The molecule has 0 amide bonds. The van der Waals surface area contributed by atoms with Crippen molar-refractivity contribution < 1.29 is 18.3 Å². The van der Waals surface area contributed by atoms with Gasteiger partial charge in [-0.1, -0.05) is 6.07 Å². The molecule has 2 aromatic heterocycles. The average Bonchev–Trinajstić information content (AvgIpc) is 3.22. The molecule has 9 heteroatoms. The third kappa shape index (κ3) is 5.31. The summed E-state index contributed by atoms with van der Waals surface area (Å²) in [7, 11) is 0. The molecule has 0 aliphatic heterocycles. The van der Waals surface area contributed by atoms with Crippen LogP contribution in [-0.4, -0.2) is 32.2 Å². The Kier molecular flexibility index (Phi) is 6.46. The topological polar surface area (TPSA) is 70.9 Å². The van der Waals surface area contributed by atoms with E-state index in [0.29, 0.717) is 31.4 Å². The standard InChI is InChI=1S/C26H25F3N4OS/c1-15-2-11-21-22(12-15)35-24(32-21)14-19-13-23(26(28,29)16-3-5-17(27)6-4-16)33-25(31-19)30-18-7-9-20(34)10-8-18/h2-6,11-13,18,20,34H,7-10,14H2,1H3,(H,30,31,33). The first-order valence-electron chi connectivity index (χ1n) is 11.6. The minimum absolute atomic E-state index is 0.00799. The molecule has 0 bridgehead atoms. The zero-order valence-corrected chi connectivity index (χ0v) is 20.0. The van der Waals surface area contributed by atoms with Crippen LogP contribution in [0.15, 0.2) is 48.5 Å². The maximum absolute atomic E-state index is 15.5. The van der Waals surface area contributed by atoms with Crippen molar-refractivity contribution in [1.29, 1.82) is 0 Å². The van der Waals surface area contributed by atoms with Crippen LogP contribution in [0.25, 0.3) is 10.2 Å². The van der Waals surface area contributed by atoms with E-state index in [1.807, 2.05) is 19.1 Å². The van der Waals surface area contributed by atoms with Crippen LogP contribution < -0.4 is 5.32 Å². The van der Waals surface area contributed by atoms with Gasteiger partial charge in [-0.05, 0) is 80.6 Å². The normalized spacial score (nSPS) is 18.7. The molecule has 1 aliphatic rings. The van der Waals surface area contributed by atoms with Crippen molar-refractivity contribution in [3.63, 3.8) is 0 Å². The summed E-state index contributed by atoms with van der Waals surface area (Å²) < 4.78 is 45.3. The molecule has 0 unspecified atom stereocenters. The van der Waals surface area contributed by atoms with Crippen LogP contribution in [-0.2, 0) is 12.3 Å². The SMILES string of the molecule is Cc1ccc2nc(Cc3cc(C(F)(F)c4ccc(F)cc4)nc(NC4CCC(O)CC4)n3)sc2c1. The molecule has 1 fully saturated rings. The molecule has 4 aromatic rings. The summed E-state index contributed by atoms with van der Waals surface area (Å²) in [6, 6.07) is 11.5. The van der Waals surface area contributed by atoms with E-state index >= 15 is 8.78 Å². The van der Waals surface area contributed by atoms with Gasteiger partial charge in [0.25, 0.3) is 0 Å². The number of alkyl halides is 2. The lowest BCUT2D eigenvalue weighted by atomic mass is 9.93. The second-order valence-electron chi connectivity index (χ2n) is 9.05. The fourth-order valence-electron chi connectivity index (χ4n) is 4.33. The first-order valence-corrected chi connectivity index (χ1v) is 12.4. The Morgan fingerprint density at radius 2 is 1.74 bits per heavy atom. The number of aromatic nitrogens is 3. The van der Waals surface area contributed by atoms with Gasteiger partial charge in [-0.2, -0.15) is 8.78 Å². The number of hydrogen-bond donors (Lipinski definition) is 2. The van der Waals surface area contributed by atoms with Gasteiger partial charge in [-0.3, -0.25) is 0 Å². The van der Waals surface area contributed by atoms with Crippen molar-refractivity contribution in [2.75, 3.05) is 5.32 Å². The molecule has 2 N–H and O–H groups in total. The number of anilines is 1. The molecular formula is C26H25F3N4OS. The van der Waals surface area contributed by atoms with E-state index in [1.54, 1.807) is 0 Å². The van der Waals surface area contributed by atoms with Crippen LogP contribution in [0.5, 0.6) is 0 Å². The number of rotatable bonds is 6. The lowest BCUT2D eigenvalue weighted by Gasteiger charge is -2.26. The van der Waals surface area contributed by atoms with E-state index in [0.717, 1.165) is 45.1 Å². The third-order valence-electron chi connectivity index (χ3n) is 6.26. The van der Waals surface area contributed by atoms with E-state index in [-0.39, 0.29) is 30.1 Å². The molecule has 2 heterocycles. The molecule has 1 aliphatic carbocycles. The third-order valence-corrected chi connectivity index (χ3v) is 7.28. The highest BCUT2D eigenvalue weighted by molar-refractivity contribution is 7.18. The Balaban J connectivity index is 1.49. The highest BCUT2D eigenvalue weighted by Crippen LogP contribution is 2.36. The molecule has 0 radical (unpaired) electrons. The molecule has 5 rings (SSSR count). The van der Waals surface area contributed by atoms with Crippen LogP contribution in [0, 0.1) is 12.7 Å². The Labute approximate surface area is 205 Å². The highest BCUT2D eigenvalue weighted by Gasteiger charge is 2.37. The summed E-state index contributed by atoms with van der Waals surface area (Å²) in [5.74, 6) is -3.89. The summed E-state index contributed by atoms with van der Waals surface area (Å²) in [6.45, 7) is 2.01. The van der Waals surface area contributed by atoms with Gasteiger partial charge in [0.2, 0.25) is 5.95 Å². The molecule has 182 valence electrons. The lowest BCUT2D eigenvalue weighted by molar-refractivity contribution is 0.0378. The maximum Gasteiger partial charge on any atom is 0.315 e. The number of aryl methyl sites for hydroxylation is 1. The van der Waals surface area contributed by atoms with Gasteiger partial charge in [-0.15, -0.1) is 11.3 Å². The lowest BCUT2D eigenvalue weighted by Crippen LogP contribution is -2.29. The van der Waals surface area contributed by atoms with Gasteiger partial charge in [0.1, 0.15) is 11.5 Å². The monoisotopic (exact) mass is 498 g/mol. The summed E-state index contributed by atoms with van der Waals surface area (Å²) in [5.41, 5.74) is 1.61. The minimum atomic E-state index is -3.44. The van der Waals surface area contributed by atoms with Crippen molar-refractivity contribution in [2.24, 2.45) is 0 Å². The van der Waals surface area contributed by atoms with Crippen LogP contribution in [0.1, 0.15) is 53.2 Å². The Bertz CT molecular complexity index is 1330. The van der Waals surface area contributed by atoms with E-state index in [2.05, 4.69) is 26.3 Å². The summed E-state index contributed by atoms with van der Waals surface area (Å²) in [4.78, 5) is 13.4. The summed E-state index contributed by atoms with van der Waals surface area (Å²) in [5, 5.41) is 13.7. The van der Waals surface area contributed by atoms with Crippen molar-refractivity contribution >= 4 is 27.5 Å². The number of nitrogens with zero attached hydrogens (tertiary/aromatic N) is 3. The van der Waals surface area contributed by atoms with Crippen LogP contribution >= 0.6 is 11.3 Å². The zero-order valence-electron chi connectivity index (χ0n) is 19.1. The fraction of sp³-hybridized carbons (Fsp3) is 0.346. The number of hydrogen-bond acceptors (Lipinski definition) is 6. The van der Waals surface area contributed by atoms with Crippen LogP contribution in [0.3, 0.4) is 0 Å². The Morgan fingerprint density at radius 1 is 1.00 bits per heavy atom. The number of nitrogens with one attached hydrogen (secondary N) is 1. The molecule has 2 aromatic carbocycles. The first kappa shape index (κ1) is 23.7. The predicted molar refractivity (Wildman–Crippen MR) is 130 cm³/mol. The second kappa shape index (κ2) is 9.54. The number of benzene rings is 2. The number of halogens is 3. The molecule has 0 saturated heterocycles. The second-order valence-corrected chi connectivity index (χ2v) is 10.2. The van der Waals surface area contributed by atoms with Crippen molar-refractivity contribution in [3.8, 4) is 0 Å². The quantitative estimate of drug-likeness (QED) is 0.342. The fourth-order valence-corrected chi connectivity index (χ4v) is 5.41. The summed E-state index contributed by atoms with van der Waals surface area (Å²) in [6.07, 6.45) is 2.64. The van der Waals surface area contributed by atoms with E-state index in [9.17, 15) is 9.50 Å². The molecule has 35 heavy (non-hydrogen) atoms. The van der Waals surface area contributed by atoms with Crippen molar-refractivity contribution in [1.82, 2.24) is 15.0 Å². The maximum atomic E-state index is 15.5. The number of aliphatic hydroxyl groups is 1. The first-order chi connectivity index (χ1) is 16.8. The van der Waals surface area contributed by atoms with Gasteiger partial charge in [-0.25, -0.2) is 19.3 Å². The van der Waals surface area contributed by atoms with Gasteiger partial charge < -0.3 is 10.4 Å².